The van der Waals surface area contributed by atoms with E-state index in [1.807, 2.05) is 12.1 Å². The Bertz CT molecular complexity index is 629. The van der Waals surface area contributed by atoms with Crippen molar-refractivity contribution in [2.45, 2.75) is 32.5 Å². The number of halogens is 1. The number of hydrogen-bond acceptors (Lipinski definition) is 5. The molecule has 0 radical (unpaired) electrons. The second kappa shape index (κ2) is 6.69. The number of hydrogen-bond donors (Lipinski definition) is 2. The SMILES string of the molecule is Cc1noc(CNC(=O)C2Cc3ccccc3CN2)n1.Cl. The zero-order valence-corrected chi connectivity index (χ0v) is 12.4. The lowest BCUT2D eigenvalue weighted by Gasteiger charge is -2.25. The van der Waals surface area contributed by atoms with E-state index in [0.29, 0.717) is 24.7 Å². The Morgan fingerprint density at radius 2 is 2.19 bits per heavy atom. The lowest BCUT2D eigenvalue weighted by molar-refractivity contribution is -0.123. The van der Waals surface area contributed by atoms with E-state index < -0.39 is 0 Å². The molecule has 1 aliphatic rings. The van der Waals surface area contributed by atoms with Crippen molar-refractivity contribution in [1.82, 2.24) is 20.8 Å². The molecule has 6 nitrogen and oxygen atoms in total. The van der Waals surface area contributed by atoms with E-state index in [1.54, 1.807) is 6.92 Å². The summed E-state index contributed by atoms with van der Waals surface area (Å²) in [5, 5.41) is 9.74. The first kappa shape index (κ1) is 15.5. The molecule has 1 amide bonds. The van der Waals surface area contributed by atoms with Gasteiger partial charge in [-0.3, -0.25) is 4.79 Å². The van der Waals surface area contributed by atoms with Crippen molar-refractivity contribution in [3.63, 3.8) is 0 Å². The van der Waals surface area contributed by atoms with Crippen LogP contribution in [0, 0.1) is 6.92 Å². The summed E-state index contributed by atoms with van der Waals surface area (Å²) in [5.74, 6) is 0.946. The summed E-state index contributed by atoms with van der Waals surface area (Å²) in [4.78, 5) is 16.2. The number of carbonyl (C=O) groups excluding carboxylic acids is 1. The van der Waals surface area contributed by atoms with Crippen LogP contribution in [0.25, 0.3) is 0 Å². The van der Waals surface area contributed by atoms with Gasteiger partial charge in [-0.05, 0) is 24.5 Å². The summed E-state index contributed by atoms with van der Waals surface area (Å²) in [5.41, 5.74) is 2.48. The number of aryl methyl sites for hydroxylation is 1. The van der Waals surface area contributed by atoms with Crippen molar-refractivity contribution >= 4 is 18.3 Å². The van der Waals surface area contributed by atoms with Crippen LogP contribution in [0.15, 0.2) is 28.8 Å². The second-order valence-electron chi connectivity index (χ2n) is 4.86. The fourth-order valence-corrected chi connectivity index (χ4v) is 2.34. The number of nitrogens with one attached hydrogen (secondary N) is 2. The summed E-state index contributed by atoms with van der Waals surface area (Å²) in [7, 11) is 0. The maximum atomic E-state index is 12.1. The molecule has 0 spiro atoms. The Balaban J connectivity index is 0.00000161. The third-order valence-electron chi connectivity index (χ3n) is 3.38. The van der Waals surface area contributed by atoms with Crippen molar-refractivity contribution in [2.24, 2.45) is 0 Å². The van der Waals surface area contributed by atoms with E-state index in [2.05, 4.69) is 32.9 Å². The van der Waals surface area contributed by atoms with E-state index in [4.69, 9.17) is 4.52 Å². The van der Waals surface area contributed by atoms with Gasteiger partial charge in [0.15, 0.2) is 5.82 Å². The average Bonchev–Trinajstić information content (AvgIpc) is 2.90. The van der Waals surface area contributed by atoms with Gasteiger partial charge in [-0.25, -0.2) is 0 Å². The molecule has 0 saturated heterocycles. The Morgan fingerprint density at radius 1 is 1.43 bits per heavy atom. The van der Waals surface area contributed by atoms with Crippen LogP contribution in [0.3, 0.4) is 0 Å². The number of rotatable bonds is 3. The maximum Gasteiger partial charge on any atom is 0.246 e. The van der Waals surface area contributed by atoms with Gasteiger partial charge in [-0.1, -0.05) is 29.4 Å². The molecule has 1 atom stereocenters. The highest BCUT2D eigenvalue weighted by atomic mass is 35.5. The van der Waals surface area contributed by atoms with Gasteiger partial charge in [0, 0.05) is 6.54 Å². The first-order valence-corrected chi connectivity index (χ1v) is 6.59. The van der Waals surface area contributed by atoms with Crippen molar-refractivity contribution in [1.29, 1.82) is 0 Å². The summed E-state index contributed by atoms with van der Waals surface area (Å²) in [6, 6.07) is 7.95. The van der Waals surface area contributed by atoms with Gasteiger partial charge < -0.3 is 15.2 Å². The molecule has 0 fully saturated rings. The highest BCUT2D eigenvalue weighted by Crippen LogP contribution is 2.16. The minimum Gasteiger partial charge on any atom is -0.346 e. The van der Waals surface area contributed by atoms with Crippen LogP contribution >= 0.6 is 12.4 Å². The highest BCUT2D eigenvalue weighted by molar-refractivity contribution is 5.85. The molecule has 3 rings (SSSR count). The van der Waals surface area contributed by atoms with Crippen LogP contribution in [0.2, 0.25) is 0 Å². The van der Waals surface area contributed by atoms with Crippen molar-refractivity contribution in [2.75, 3.05) is 0 Å². The molecule has 112 valence electrons. The van der Waals surface area contributed by atoms with Gasteiger partial charge in [0.1, 0.15) is 0 Å². The fraction of sp³-hybridized carbons (Fsp3) is 0.357. The molecule has 2 heterocycles. The zero-order chi connectivity index (χ0) is 13.9. The van der Waals surface area contributed by atoms with Gasteiger partial charge in [0.2, 0.25) is 11.8 Å². The summed E-state index contributed by atoms with van der Waals surface area (Å²) in [6.07, 6.45) is 0.699. The molecule has 1 aliphatic heterocycles. The Hall–Kier alpha value is -1.92. The average molecular weight is 309 g/mol. The monoisotopic (exact) mass is 308 g/mol. The second-order valence-corrected chi connectivity index (χ2v) is 4.86. The summed E-state index contributed by atoms with van der Waals surface area (Å²) in [6.45, 7) is 2.72. The maximum absolute atomic E-state index is 12.1. The summed E-state index contributed by atoms with van der Waals surface area (Å²) >= 11 is 0. The van der Waals surface area contributed by atoms with E-state index in [1.165, 1.54) is 11.1 Å². The van der Waals surface area contributed by atoms with Gasteiger partial charge in [0.05, 0.1) is 12.6 Å². The fourth-order valence-electron chi connectivity index (χ4n) is 2.34. The van der Waals surface area contributed by atoms with Crippen LogP contribution in [0.5, 0.6) is 0 Å². The Labute approximate surface area is 128 Å². The van der Waals surface area contributed by atoms with Gasteiger partial charge in [-0.2, -0.15) is 4.98 Å². The molecule has 0 bridgehead atoms. The lowest BCUT2D eigenvalue weighted by Crippen LogP contribution is -2.47. The van der Waals surface area contributed by atoms with Gasteiger partial charge in [-0.15, -0.1) is 12.4 Å². The molecule has 7 heteroatoms. The van der Waals surface area contributed by atoms with Gasteiger partial charge in [0.25, 0.3) is 0 Å². The normalized spacial score (nSPS) is 16.7. The molecule has 2 aromatic rings. The first-order valence-electron chi connectivity index (χ1n) is 6.59. The minimum atomic E-state index is -0.214. The third kappa shape index (κ3) is 3.59. The van der Waals surface area contributed by atoms with Crippen LogP contribution in [0.4, 0.5) is 0 Å². The first-order chi connectivity index (χ1) is 9.72. The van der Waals surface area contributed by atoms with Gasteiger partial charge >= 0.3 is 0 Å². The number of nitrogens with zero attached hydrogens (tertiary/aromatic N) is 2. The quantitative estimate of drug-likeness (QED) is 0.888. The van der Waals surface area contributed by atoms with E-state index >= 15 is 0 Å². The number of fused-ring (bicyclic) bond motifs is 1. The number of benzene rings is 1. The summed E-state index contributed by atoms with van der Waals surface area (Å²) < 4.78 is 4.96. The predicted molar refractivity (Wildman–Crippen MR) is 78.9 cm³/mol. The molecule has 0 saturated carbocycles. The van der Waals surface area contributed by atoms with Crippen LogP contribution in [-0.4, -0.2) is 22.1 Å². The topological polar surface area (TPSA) is 80.0 Å². The Morgan fingerprint density at radius 3 is 2.90 bits per heavy atom. The molecule has 1 unspecified atom stereocenters. The number of amides is 1. The van der Waals surface area contributed by atoms with Crippen molar-refractivity contribution in [3.8, 4) is 0 Å². The zero-order valence-electron chi connectivity index (χ0n) is 11.6. The standard InChI is InChI=1S/C14H16N4O2.ClH/c1-9-17-13(20-18-9)8-16-14(19)12-6-10-4-2-3-5-11(10)7-15-12;/h2-5,12,15H,6-8H2,1H3,(H,16,19);1H. The van der Waals surface area contributed by atoms with Crippen molar-refractivity contribution in [3.05, 3.63) is 47.1 Å². The number of aromatic nitrogens is 2. The van der Waals surface area contributed by atoms with Crippen LogP contribution in [-0.2, 0) is 24.3 Å². The van der Waals surface area contributed by atoms with Crippen LogP contribution < -0.4 is 10.6 Å². The van der Waals surface area contributed by atoms with E-state index in [0.717, 1.165) is 0 Å². The molecule has 2 N–H and O–H groups in total. The smallest absolute Gasteiger partial charge is 0.246 e. The number of carbonyl (C=O) groups is 1. The minimum absolute atomic E-state index is 0. The molecule has 1 aromatic carbocycles. The molecule has 0 aliphatic carbocycles. The highest BCUT2D eigenvalue weighted by Gasteiger charge is 2.23. The molecular formula is C14H17ClN4O2. The van der Waals surface area contributed by atoms with Crippen LogP contribution in [0.1, 0.15) is 22.8 Å². The van der Waals surface area contributed by atoms with Crippen molar-refractivity contribution < 1.29 is 9.32 Å². The Kier molecular flexibility index (Phi) is 4.93. The molecule has 21 heavy (non-hydrogen) atoms. The lowest BCUT2D eigenvalue weighted by atomic mass is 9.95. The third-order valence-corrected chi connectivity index (χ3v) is 3.38. The van der Waals surface area contributed by atoms with E-state index in [9.17, 15) is 4.79 Å². The molecule has 1 aromatic heterocycles. The molecular weight excluding hydrogens is 292 g/mol. The predicted octanol–water partition coefficient (Wildman–Crippen LogP) is 1.13. The van der Waals surface area contributed by atoms with E-state index in [-0.39, 0.29) is 30.9 Å². The largest absolute Gasteiger partial charge is 0.346 e.